The predicted octanol–water partition coefficient (Wildman–Crippen LogP) is 3.60. The summed E-state index contributed by atoms with van der Waals surface area (Å²) in [5.74, 6) is -1.14. The third kappa shape index (κ3) is 3.53. The first-order chi connectivity index (χ1) is 12.6. The van der Waals surface area contributed by atoms with Gasteiger partial charge >= 0.3 is 0 Å². The van der Waals surface area contributed by atoms with Crippen LogP contribution in [0.1, 0.15) is 49.9 Å². The zero-order valence-corrected chi connectivity index (χ0v) is 15.2. The molecule has 1 fully saturated rings. The van der Waals surface area contributed by atoms with Crippen LogP contribution in [0.5, 0.6) is 0 Å². The van der Waals surface area contributed by atoms with E-state index in [9.17, 15) is 8.78 Å². The Morgan fingerprint density at radius 1 is 1.12 bits per heavy atom. The van der Waals surface area contributed by atoms with Gasteiger partial charge in [0, 0.05) is 29.4 Å². The van der Waals surface area contributed by atoms with Crippen LogP contribution in [-0.2, 0) is 6.42 Å². The number of nitrogens with zero attached hydrogens (tertiary/aromatic N) is 3. The van der Waals surface area contributed by atoms with Gasteiger partial charge < -0.3 is 10.2 Å². The summed E-state index contributed by atoms with van der Waals surface area (Å²) in [4.78, 5) is 2.49. The fourth-order valence-electron chi connectivity index (χ4n) is 4.31. The van der Waals surface area contributed by atoms with Crippen LogP contribution >= 0.6 is 0 Å². The summed E-state index contributed by atoms with van der Waals surface area (Å²) in [6.07, 6.45) is 7.24. The second-order valence-electron chi connectivity index (χ2n) is 7.41. The van der Waals surface area contributed by atoms with Gasteiger partial charge in [-0.15, -0.1) is 0 Å². The van der Waals surface area contributed by atoms with Gasteiger partial charge in [-0.05, 0) is 63.9 Å². The fraction of sp³-hybridized carbons (Fsp3) is 0.550. The lowest BCUT2D eigenvalue weighted by Crippen LogP contribution is -2.44. The third-order valence-electron chi connectivity index (χ3n) is 5.75. The van der Waals surface area contributed by atoms with Crippen molar-refractivity contribution in [2.75, 3.05) is 19.6 Å². The minimum atomic E-state index is -0.572. The van der Waals surface area contributed by atoms with Crippen molar-refractivity contribution in [1.82, 2.24) is 20.0 Å². The molecule has 140 valence electrons. The van der Waals surface area contributed by atoms with Crippen LogP contribution in [0, 0.1) is 11.6 Å². The van der Waals surface area contributed by atoms with Gasteiger partial charge in [-0.2, -0.15) is 5.10 Å². The number of benzene rings is 1. The third-order valence-corrected chi connectivity index (χ3v) is 5.75. The molecular weight excluding hydrogens is 334 g/mol. The van der Waals surface area contributed by atoms with E-state index in [-0.39, 0.29) is 6.04 Å². The minimum Gasteiger partial charge on any atom is -0.307 e. The van der Waals surface area contributed by atoms with Gasteiger partial charge in [0.2, 0.25) is 0 Å². The molecule has 4 rings (SSSR count). The molecular formula is C20H26F2N4. The first-order valence-electron chi connectivity index (χ1n) is 9.65. The lowest BCUT2D eigenvalue weighted by Gasteiger charge is -2.35. The topological polar surface area (TPSA) is 33.1 Å². The van der Waals surface area contributed by atoms with Crippen LogP contribution in [0.3, 0.4) is 0 Å². The van der Waals surface area contributed by atoms with E-state index in [0.29, 0.717) is 11.7 Å². The quantitative estimate of drug-likeness (QED) is 0.904. The number of fused-ring (bicyclic) bond motifs is 1. The largest absolute Gasteiger partial charge is 0.307 e. The number of aromatic nitrogens is 2. The molecule has 1 N–H and O–H groups in total. The normalized spacial score (nSPS) is 21.7. The van der Waals surface area contributed by atoms with E-state index >= 15 is 0 Å². The molecule has 0 saturated carbocycles. The van der Waals surface area contributed by atoms with E-state index in [1.807, 2.05) is 6.20 Å². The number of hydrogen-bond donors (Lipinski definition) is 1. The molecule has 0 bridgehead atoms. The second-order valence-corrected chi connectivity index (χ2v) is 7.41. The zero-order chi connectivity index (χ0) is 18.1. The van der Waals surface area contributed by atoms with Gasteiger partial charge in [0.1, 0.15) is 11.6 Å². The van der Waals surface area contributed by atoms with Gasteiger partial charge in [0.05, 0.1) is 11.9 Å². The lowest BCUT2D eigenvalue weighted by molar-refractivity contribution is 0.196. The van der Waals surface area contributed by atoms with E-state index in [0.717, 1.165) is 50.7 Å². The molecule has 0 radical (unpaired) electrons. The molecule has 2 aromatic rings. The van der Waals surface area contributed by atoms with Crippen LogP contribution in [0.15, 0.2) is 24.4 Å². The van der Waals surface area contributed by atoms with Crippen molar-refractivity contribution in [2.24, 2.45) is 0 Å². The van der Waals surface area contributed by atoms with E-state index < -0.39 is 11.6 Å². The first-order valence-corrected chi connectivity index (χ1v) is 9.65. The predicted molar refractivity (Wildman–Crippen MR) is 97.4 cm³/mol. The van der Waals surface area contributed by atoms with E-state index in [2.05, 4.69) is 22.2 Å². The molecule has 1 aliphatic carbocycles. The number of likely N-dealkylation sites (tertiary alicyclic amines) is 1. The SMILES string of the molecule is CCN1CCC(N[C@H]2CCCc3c2cnn3-c2cc(F)cc(F)c2)CC1. The molecule has 1 aromatic carbocycles. The number of halogens is 2. The highest BCUT2D eigenvalue weighted by molar-refractivity contribution is 5.38. The van der Waals surface area contributed by atoms with Crippen molar-refractivity contribution in [2.45, 2.75) is 51.1 Å². The van der Waals surface area contributed by atoms with E-state index in [4.69, 9.17) is 0 Å². The molecule has 0 unspecified atom stereocenters. The monoisotopic (exact) mass is 360 g/mol. The molecule has 26 heavy (non-hydrogen) atoms. The lowest BCUT2D eigenvalue weighted by atomic mass is 9.91. The van der Waals surface area contributed by atoms with Crippen molar-refractivity contribution in [3.63, 3.8) is 0 Å². The average Bonchev–Trinajstić information content (AvgIpc) is 3.07. The standard InChI is InChI=1S/C20H26F2N4/c1-2-25-8-6-16(7-9-25)24-19-4-3-5-20-18(19)13-23-26(20)17-11-14(21)10-15(22)12-17/h10-13,16,19,24H,2-9H2,1H3/t19-/m0/s1. The minimum absolute atomic E-state index is 0.282. The van der Waals surface area contributed by atoms with Crippen LogP contribution in [0.2, 0.25) is 0 Å². The molecule has 4 nitrogen and oxygen atoms in total. The summed E-state index contributed by atoms with van der Waals surface area (Å²) < 4.78 is 28.9. The maximum absolute atomic E-state index is 13.6. The summed E-state index contributed by atoms with van der Waals surface area (Å²) >= 11 is 0. The van der Waals surface area contributed by atoms with Crippen LogP contribution in [0.4, 0.5) is 8.78 Å². The van der Waals surface area contributed by atoms with Crippen LogP contribution in [-0.4, -0.2) is 40.4 Å². The van der Waals surface area contributed by atoms with Gasteiger partial charge in [-0.3, -0.25) is 0 Å². The Hall–Kier alpha value is -1.79. The maximum Gasteiger partial charge on any atom is 0.128 e. The summed E-state index contributed by atoms with van der Waals surface area (Å²) in [5, 5.41) is 8.27. The first kappa shape index (κ1) is 17.6. The molecule has 1 saturated heterocycles. The summed E-state index contributed by atoms with van der Waals surface area (Å²) in [7, 11) is 0. The van der Waals surface area contributed by atoms with Gasteiger partial charge in [0.15, 0.2) is 0 Å². The van der Waals surface area contributed by atoms with E-state index in [1.165, 1.54) is 30.5 Å². The Kier molecular flexibility index (Phi) is 5.05. The second kappa shape index (κ2) is 7.45. The molecule has 1 aliphatic heterocycles. The van der Waals surface area contributed by atoms with Crippen LogP contribution < -0.4 is 5.32 Å². The van der Waals surface area contributed by atoms with Gasteiger partial charge in [-0.25, -0.2) is 13.5 Å². The molecule has 0 amide bonds. The highest BCUT2D eigenvalue weighted by Crippen LogP contribution is 2.32. The van der Waals surface area contributed by atoms with Crippen molar-refractivity contribution in [1.29, 1.82) is 0 Å². The summed E-state index contributed by atoms with van der Waals surface area (Å²) in [5.41, 5.74) is 2.71. The molecule has 2 aliphatic rings. The van der Waals surface area contributed by atoms with Crippen molar-refractivity contribution < 1.29 is 8.78 Å². The number of piperidine rings is 1. The Morgan fingerprint density at radius 2 is 1.85 bits per heavy atom. The van der Waals surface area contributed by atoms with Crippen molar-refractivity contribution >= 4 is 0 Å². The van der Waals surface area contributed by atoms with Gasteiger partial charge in [-0.1, -0.05) is 6.92 Å². The number of nitrogens with one attached hydrogen (secondary N) is 1. The Balaban J connectivity index is 1.53. The zero-order valence-electron chi connectivity index (χ0n) is 15.2. The Bertz CT molecular complexity index is 745. The van der Waals surface area contributed by atoms with E-state index in [1.54, 1.807) is 4.68 Å². The van der Waals surface area contributed by atoms with Crippen molar-refractivity contribution in [3.8, 4) is 5.69 Å². The Morgan fingerprint density at radius 3 is 2.54 bits per heavy atom. The number of hydrogen-bond acceptors (Lipinski definition) is 3. The summed E-state index contributed by atoms with van der Waals surface area (Å²) in [6.45, 7) is 5.63. The highest BCUT2D eigenvalue weighted by Gasteiger charge is 2.28. The Labute approximate surface area is 153 Å². The smallest absolute Gasteiger partial charge is 0.128 e. The molecule has 6 heteroatoms. The molecule has 1 atom stereocenters. The fourth-order valence-corrected chi connectivity index (χ4v) is 4.31. The molecule has 0 spiro atoms. The maximum atomic E-state index is 13.6. The highest BCUT2D eigenvalue weighted by atomic mass is 19.1. The molecule has 2 heterocycles. The summed E-state index contributed by atoms with van der Waals surface area (Å²) in [6, 6.07) is 4.39. The van der Waals surface area contributed by atoms with Crippen molar-refractivity contribution in [3.05, 3.63) is 47.3 Å². The van der Waals surface area contributed by atoms with Gasteiger partial charge in [0.25, 0.3) is 0 Å². The molecule has 1 aromatic heterocycles. The van der Waals surface area contributed by atoms with Crippen LogP contribution in [0.25, 0.3) is 5.69 Å². The number of rotatable bonds is 4. The average molecular weight is 360 g/mol.